The van der Waals surface area contributed by atoms with Gasteiger partial charge in [-0.3, -0.25) is 9.59 Å². The zero-order chi connectivity index (χ0) is 18.7. The number of hydrogen-bond acceptors (Lipinski definition) is 5. The van der Waals surface area contributed by atoms with Gasteiger partial charge < -0.3 is 14.0 Å². The maximum absolute atomic E-state index is 13.0. The van der Waals surface area contributed by atoms with Crippen LogP contribution >= 0.6 is 0 Å². The second-order valence-electron chi connectivity index (χ2n) is 6.30. The Kier molecular flexibility index (Phi) is 5.16. The van der Waals surface area contributed by atoms with E-state index >= 15 is 0 Å². The fraction of sp³-hybridized carbons (Fsp3) is 0.368. The Bertz CT molecular complexity index is 914. The van der Waals surface area contributed by atoms with Crippen LogP contribution in [0.3, 0.4) is 0 Å². The first-order chi connectivity index (χ1) is 12.5. The minimum atomic E-state index is -0.372. The van der Waals surface area contributed by atoms with Crippen LogP contribution in [0.2, 0.25) is 0 Å². The highest BCUT2D eigenvalue weighted by Crippen LogP contribution is 2.27. The van der Waals surface area contributed by atoms with Gasteiger partial charge in [0.1, 0.15) is 6.04 Å². The topological polar surface area (TPSA) is 81.2 Å². The van der Waals surface area contributed by atoms with E-state index in [1.165, 1.54) is 6.39 Å². The number of carbonyl (C=O) groups excluding carboxylic acids is 2. The number of benzene rings is 1. The highest BCUT2D eigenvalue weighted by atomic mass is 16.5. The van der Waals surface area contributed by atoms with Gasteiger partial charge in [0.15, 0.2) is 11.6 Å². The molecule has 1 amide bonds. The third-order valence-electron chi connectivity index (χ3n) is 4.58. The molecule has 1 atom stereocenters. The lowest BCUT2D eigenvalue weighted by Gasteiger charge is -2.24. The fourth-order valence-electron chi connectivity index (χ4n) is 3.17. The first-order valence-electron chi connectivity index (χ1n) is 8.63. The van der Waals surface area contributed by atoms with Crippen molar-refractivity contribution >= 4 is 22.6 Å². The van der Waals surface area contributed by atoms with Gasteiger partial charge in [0.2, 0.25) is 12.3 Å². The molecular weight excluding hydrogens is 332 g/mol. The molecule has 7 nitrogen and oxygen atoms in total. The summed E-state index contributed by atoms with van der Waals surface area (Å²) < 4.78 is 6.63. The lowest BCUT2D eigenvalue weighted by Crippen LogP contribution is -2.35. The molecule has 0 spiro atoms. The van der Waals surface area contributed by atoms with Crippen molar-refractivity contribution in [2.75, 3.05) is 13.6 Å². The monoisotopic (exact) mass is 354 g/mol. The number of aromatic nitrogens is 3. The standard InChI is InChI=1S/C19H22N4O3/c1-4-16(19(25)22(3)10-9-18-20-12-26-21-18)23-11-15(13(2)24)14-7-5-6-8-17(14)23/h5-8,11-12,16H,4,9-10H2,1-3H3/t16-/m0/s1. The predicted octanol–water partition coefficient (Wildman–Crippen LogP) is 2.88. The molecule has 3 rings (SSSR count). The average Bonchev–Trinajstić information content (AvgIpc) is 3.28. The van der Waals surface area contributed by atoms with E-state index in [2.05, 4.69) is 10.1 Å². The van der Waals surface area contributed by atoms with Crippen molar-refractivity contribution in [1.82, 2.24) is 19.6 Å². The van der Waals surface area contributed by atoms with Gasteiger partial charge in [0.05, 0.1) is 0 Å². The summed E-state index contributed by atoms with van der Waals surface area (Å²) in [5.74, 6) is 0.558. The van der Waals surface area contributed by atoms with Crippen molar-refractivity contribution in [3.8, 4) is 0 Å². The molecule has 0 saturated carbocycles. The Morgan fingerprint density at radius 2 is 2.08 bits per heavy atom. The summed E-state index contributed by atoms with van der Waals surface area (Å²) in [6.45, 7) is 4.01. The molecule has 0 aliphatic rings. The van der Waals surface area contributed by atoms with Crippen LogP contribution in [-0.4, -0.2) is 44.9 Å². The van der Waals surface area contributed by atoms with E-state index in [1.807, 2.05) is 35.8 Å². The summed E-state index contributed by atoms with van der Waals surface area (Å²) in [5, 5.41) is 4.64. The highest BCUT2D eigenvalue weighted by molar-refractivity contribution is 6.07. The molecule has 0 aliphatic heterocycles. The van der Waals surface area contributed by atoms with E-state index in [-0.39, 0.29) is 17.7 Å². The maximum atomic E-state index is 13.0. The normalized spacial score (nSPS) is 12.3. The van der Waals surface area contributed by atoms with Gasteiger partial charge in [-0.15, -0.1) is 0 Å². The van der Waals surface area contributed by atoms with Gasteiger partial charge in [-0.1, -0.05) is 30.3 Å². The van der Waals surface area contributed by atoms with E-state index in [4.69, 9.17) is 4.52 Å². The van der Waals surface area contributed by atoms with Gasteiger partial charge in [0, 0.05) is 42.7 Å². The minimum Gasteiger partial charge on any atom is -0.344 e. The second kappa shape index (κ2) is 7.51. The van der Waals surface area contributed by atoms with Crippen LogP contribution in [0.15, 0.2) is 41.4 Å². The van der Waals surface area contributed by atoms with Crippen LogP contribution in [0.25, 0.3) is 10.9 Å². The average molecular weight is 354 g/mol. The van der Waals surface area contributed by atoms with E-state index in [0.717, 1.165) is 10.9 Å². The van der Waals surface area contributed by atoms with Crippen LogP contribution in [0, 0.1) is 0 Å². The summed E-state index contributed by atoms with van der Waals surface area (Å²) in [6.07, 6.45) is 4.23. The van der Waals surface area contributed by atoms with Crippen LogP contribution < -0.4 is 0 Å². The Morgan fingerprint density at radius 3 is 2.73 bits per heavy atom. The summed E-state index contributed by atoms with van der Waals surface area (Å²) in [5.41, 5.74) is 1.53. The van der Waals surface area contributed by atoms with E-state index in [9.17, 15) is 9.59 Å². The van der Waals surface area contributed by atoms with Crippen molar-refractivity contribution in [2.24, 2.45) is 0 Å². The van der Waals surface area contributed by atoms with Gasteiger partial charge in [-0.05, 0) is 19.4 Å². The molecule has 0 bridgehead atoms. The SMILES string of the molecule is CC[C@@H](C(=O)N(C)CCc1ncon1)n1cc(C(C)=O)c2ccccc21. The number of carbonyl (C=O) groups is 2. The molecule has 136 valence electrons. The third kappa shape index (κ3) is 3.37. The molecule has 2 aromatic heterocycles. The molecule has 0 radical (unpaired) electrons. The molecule has 3 aromatic rings. The first-order valence-corrected chi connectivity index (χ1v) is 8.63. The maximum Gasteiger partial charge on any atom is 0.245 e. The zero-order valence-corrected chi connectivity index (χ0v) is 15.2. The number of rotatable bonds is 7. The number of hydrogen-bond donors (Lipinski definition) is 0. The van der Waals surface area contributed by atoms with Gasteiger partial charge in [-0.25, -0.2) is 0 Å². The van der Waals surface area contributed by atoms with Crippen molar-refractivity contribution in [1.29, 1.82) is 0 Å². The van der Waals surface area contributed by atoms with Gasteiger partial charge >= 0.3 is 0 Å². The number of ketones is 1. The largest absolute Gasteiger partial charge is 0.344 e. The molecule has 2 heterocycles. The number of nitrogens with zero attached hydrogens (tertiary/aromatic N) is 4. The Morgan fingerprint density at radius 1 is 1.31 bits per heavy atom. The smallest absolute Gasteiger partial charge is 0.245 e. The summed E-state index contributed by atoms with van der Waals surface area (Å²) in [7, 11) is 1.77. The molecule has 0 aliphatic carbocycles. The van der Waals surface area contributed by atoms with Crippen LogP contribution in [0.1, 0.15) is 42.5 Å². The molecular formula is C19H22N4O3. The van der Waals surface area contributed by atoms with Crippen LogP contribution in [0.4, 0.5) is 0 Å². The molecule has 0 unspecified atom stereocenters. The number of amides is 1. The highest BCUT2D eigenvalue weighted by Gasteiger charge is 2.25. The van der Waals surface area contributed by atoms with E-state index in [0.29, 0.717) is 30.8 Å². The van der Waals surface area contributed by atoms with Crippen molar-refractivity contribution in [3.05, 3.63) is 48.2 Å². The summed E-state index contributed by atoms with van der Waals surface area (Å²) >= 11 is 0. The Hall–Kier alpha value is -2.96. The van der Waals surface area contributed by atoms with E-state index < -0.39 is 0 Å². The first kappa shape index (κ1) is 17.8. The molecule has 26 heavy (non-hydrogen) atoms. The van der Waals surface area contributed by atoms with Gasteiger partial charge in [-0.2, -0.15) is 4.98 Å². The summed E-state index contributed by atoms with van der Waals surface area (Å²) in [4.78, 5) is 30.7. The predicted molar refractivity (Wildman–Crippen MR) is 96.9 cm³/mol. The Balaban J connectivity index is 1.87. The summed E-state index contributed by atoms with van der Waals surface area (Å²) in [6, 6.07) is 7.30. The third-order valence-corrected chi connectivity index (χ3v) is 4.58. The fourth-order valence-corrected chi connectivity index (χ4v) is 3.17. The second-order valence-corrected chi connectivity index (χ2v) is 6.30. The molecule has 7 heteroatoms. The van der Waals surface area contributed by atoms with E-state index in [1.54, 1.807) is 25.1 Å². The Labute approximate surface area is 151 Å². The number of likely N-dealkylation sites (N-methyl/N-ethyl adjacent to an activating group) is 1. The van der Waals surface area contributed by atoms with Crippen LogP contribution in [-0.2, 0) is 11.2 Å². The number of para-hydroxylation sites is 1. The van der Waals surface area contributed by atoms with Crippen molar-refractivity contribution in [2.45, 2.75) is 32.7 Å². The van der Waals surface area contributed by atoms with Gasteiger partial charge in [0.25, 0.3) is 0 Å². The molecule has 0 saturated heterocycles. The number of fused-ring (bicyclic) bond motifs is 1. The number of Topliss-reactive ketones (excluding diaryl/α,β-unsaturated/α-hetero) is 1. The molecule has 0 N–H and O–H groups in total. The lowest BCUT2D eigenvalue weighted by molar-refractivity contribution is -0.133. The molecule has 1 aromatic carbocycles. The quantitative estimate of drug-likeness (QED) is 0.609. The van der Waals surface area contributed by atoms with Crippen molar-refractivity contribution in [3.63, 3.8) is 0 Å². The minimum absolute atomic E-state index is 0.00675. The van der Waals surface area contributed by atoms with Crippen LogP contribution in [0.5, 0.6) is 0 Å². The molecule has 0 fully saturated rings. The lowest BCUT2D eigenvalue weighted by atomic mass is 10.1. The van der Waals surface area contributed by atoms with Crippen molar-refractivity contribution < 1.29 is 14.1 Å². The zero-order valence-electron chi connectivity index (χ0n) is 15.2.